The maximum Gasteiger partial charge on any atom is 0.156 e. The molecular weight excluding hydrogens is 377 g/mol. The summed E-state index contributed by atoms with van der Waals surface area (Å²) in [5.41, 5.74) is 6.74. The van der Waals surface area contributed by atoms with E-state index in [0.717, 1.165) is 12.1 Å². The number of hydrogen-bond acceptors (Lipinski definition) is 3. The molecule has 0 unspecified atom stereocenters. The molecule has 2 N–H and O–H groups in total. The van der Waals surface area contributed by atoms with E-state index in [1.165, 1.54) is 12.1 Å². The fourth-order valence-electron chi connectivity index (χ4n) is 1.62. The first-order chi connectivity index (χ1) is 9.51. The third-order valence-electron chi connectivity index (χ3n) is 2.59. The molecule has 6 heteroatoms. The van der Waals surface area contributed by atoms with Gasteiger partial charge in [0.1, 0.15) is 18.2 Å². The highest BCUT2D eigenvalue weighted by Gasteiger charge is 2.10. The zero-order chi connectivity index (χ0) is 14.7. The molecule has 0 bridgehead atoms. The molecule has 0 spiro atoms. The Hall–Kier alpha value is -1.88. The van der Waals surface area contributed by atoms with Gasteiger partial charge in [0.05, 0.1) is 20.9 Å². The van der Waals surface area contributed by atoms with E-state index in [9.17, 15) is 8.78 Å². The molecule has 3 nitrogen and oxygen atoms in total. The van der Waals surface area contributed by atoms with Gasteiger partial charge < -0.3 is 10.5 Å². The number of anilines is 1. The molecule has 0 atom stereocenters. The lowest BCUT2D eigenvalue weighted by atomic mass is 10.2. The summed E-state index contributed by atoms with van der Waals surface area (Å²) in [7, 11) is 0. The van der Waals surface area contributed by atoms with Crippen molar-refractivity contribution in [2.24, 2.45) is 0 Å². The SMILES string of the molecule is N#Cc1cc(N)c(OCc2ccc(F)cc2F)c(I)c1. The van der Waals surface area contributed by atoms with Crippen molar-refractivity contribution in [3.8, 4) is 11.8 Å². The standard InChI is InChI=1S/C14H9F2IN2O/c15-10-2-1-9(11(16)5-10)7-20-14-12(17)3-8(6-18)4-13(14)19/h1-5H,7,19H2. The highest BCUT2D eigenvalue weighted by atomic mass is 127. The predicted octanol–water partition coefficient (Wildman–Crippen LogP) is 3.60. The van der Waals surface area contributed by atoms with Crippen LogP contribution in [0.15, 0.2) is 30.3 Å². The summed E-state index contributed by atoms with van der Waals surface area (Å²) in [5.74, 6) is -0.931. The van der Waals surface area contributed by atoms with Crippen molar-refractivity contribution in [2.75, 3.05) is 5.73 Å². The quantitative estimate of drug-likeness (QED) is 0.648. The van der Waals surface area contributed by atoms with Crippen molar-refractivity contribution < 1.29 is 13.5 Å². The smallest absolute Gasteiger partial charge is 0.156 e. The molecule has 0 saturated heterocycles. The van der Waals surface area contributed by atoms with E-state index in [4.69, 9.17) is 15.7 Å². The number of ether oxygens (including phenoxy) is 1. The molecule has 0 aliphatic carbocycles. The third kappa shape index (κ3) is 3.17. The van der Waals surface area contributed by atoms with Crippen LogP contribution in [0.3, 0.4) is 0 Å². The Labute approximate surface area is 128 Å². The minimum Gasteiger partial charge on any atom is -0.486 e. The van der Waals surface area contributed by atoms with E-state index in [-0.39, 0.29) is 12.2 Å². The van der Waals surface area contributed by atoms with E-state index >= 15 is 0 Å². The molecule has 0 saturated carbocycles. The Morgan fingerprint density at radius 2 is 2.00 bits per heavy atom. The van der Waals surface area contributed by atoms with Crippen LogP contribution >= 0.6 is 22.6 Å². The highest BCUT2D eigenvalue weighted by Crippen LogP contribution is 2.30. The molecule has 0 amide bonds. The van der Waals surface area contributed by atoms with Crippen LogP contribution in [0.1, 0.15) is 11.1 Å². The first-order valence-electron chi connectivity index (χ1n) is 5.57. The van der Waals surface area contributed by atoms with Gasteiger partial charge in [-0.25, -0.2) is 8.78 Å². The van der Waals surface area contributed by atoms with Crippen LogP contribution in [0, 0.1) is 26.5 Å². The van der Waals surface area contributed by atoms with Gasteiger partial charge in [0.2, 0.25) is 0 Å². The number of nitrogens with two attached hydrogens (primary N) is 1. The van der Waals surface area contributed by atoms with Crippen molar-refractivity contribution >= 4 is 28.3 Å². The summed E-state index contributed by atoms with van der Waals surface area (Å²) in [4.78, 5) is 0. The highest BCUT2D eigenvalue weighted by molar-refractivity contribution is 14.1. The van der Waals surface area contributed by atoms with Gasteiger partial charge in [0.15, 0.2) is 5.75 Å². The Morgan fingerprint density at radius 1 is 1.25 bits per heavy atom. The molecule has 0 aromatic heterocycles. The summed E-state index contributed by atoms with van der Waals surface area (Å²) >= 11 is 1.98. The molecule has 2 aromatic rings. The van der Waals surface area contributed by atoms with Gasteiger partial charge in [0, 0.05) is 11.6 Å². The second kappa shape index (κ2) is 6.05. The van der Waals surface area contributed by atoms with Crippen molar-refractivity contribution in [3.05, 3.63) is 56.7 Å². The van der Waals surface area contributed by atoms with Gasteiger partial charge in [-0.05, 0) is 46.9 Å². The molecular formula is C14H9F2IN2O. The van der Waals surface area contributed by atoms with Gasteiger partial charge in [-0.3, -0.25) is 0 Å². The maximum atomic E-state index is 13.5. The Kier molecular flexibility index (Phi) is 4.39. The molecule has 2 rings (SSSR count). The summed E-state index contributed by atoms with van der Waals surface area (Å²) in [5, 5.41) is 8.81. The lowest BCUT2D eigenvalue weighted by Crippen LogP contribution is -2.03. The van der Waals surface area contributed by atoms with Crippen molar-refractivity contribution in [2.45, 2.75) is 6.61 Å². The Bertz CT molecular complexity index is 675. The Balaban J connectivity index is 2.21. The first-order valence-corrected chi connectivity index (χ1v) is 6.65. The van der Waals surface area contributed by atoms with Crippen LogP contribution in [0.4, 0.5) is 14.5 Å². The summed E-state index contributed by atoms with van der Waals surface area (Å²) in [6, 6.07) is 8.36. The fourth-order valence-corrected chi connectivity index (χ4v) is 2.42. The van der Waals surface area contributed by atoms with E-state index in [2.05, 4.69) is 0 Å². The van der Waals surface area contributed by atoms with Crippen LogP contribution < -0.4 is 10.5 Å². The zero-order valence-corrected chi connectivity index (χ0v) is 12.3. The largest absolute Gasteiger partial charge is 0.486 e. The summed E-state index contributed by atoms with van der Waals surface area (Å²) in [6.45, 7) is -0.0712. The Morgan fingerprint density at radius 3 is 2.60 bits per heavy atom. The van der Waals surface area contributed by atoms with Crippen LogP contribution in [0.2, 0.25) is 0 Å². The normalized spacial score (nSPS) is 10.1. The second-order valence-electron chi connectivity index (χ2n) is 4.01. The number of benzene rings is 2. The van der Waals surface area contributed by atoms with Gasteiger partial charge in [-0.2, -0.15) is 5.26 Å². The lowest BCUT2D eigenvalue weighted by Gasteiger charge is -2.12. The molecule has 20 heavy (non-hydrogen) atoms. The van der Waals surface area contributed by atoms with Crippen LogP contribution in [0.25, 0.3) is 0 Å². The fraction of sp³-hybridized carbons (Fsp3) is 0.0714. The molecule has 0 radical (unpaired) electrons. The van der Waals surface area contributed by atoms with Gasteiger partial charge in [-0.1, -0.05) is 0 Å². The summed E-state index contributed by atoms with van der Waals surface area (Å²) < 4.78 is 32.4. The zero-order valence-electron chi connectivity index (χ0n) is 10.2. The number of nitrogens with zero attached hydrogens (tertiary/aromatic N) is 1. The van der Waals surface area contributed by atoms with E-state index in [1.54, 1.807) is 6.07 Å². The van der Waals surface area contributed by atoms with Gasteiger partial charge >= 0.3 is 0 Å². The average Bonchev–Trinajstić information content (AvgIpc) is 2.39. The minimum absolute atomic E-state index is 0.0712. The topological polar surface area (TPSA) is 59.0 Å². The first kappa shape index (κ1) is 14.5. The summed E-state index contributed by atoms with van der Waals surface area (Å²) in [6.07, 6.45) is 0. The van der Waals surface area contributed by atoms with Crippen molar-refractivity contribution in [1.82, 2.24) is 0 Å². The predicted molar refractivity (Wildman–Crippen MR) is 79.0 cm³/mol. The van der Waals surface area contributed by atoms with E-state index < -0.39 is 11.6 Å². The molecule has 0 aliphatic rings. The van der Waals surface area contributed by atoms with Gasteiger partial charge in [0.25, 0.3) is 0 Å². The van der Waals surface area contributed by atoms with E-state index in [1.807, 2.05) is 28.7 Å². The van der Waals surface area contributed by atoms with Crippen molar-refractivity contribution in [1.29, 1.82) is 5.26 Å². The number of hydrogen-bond donors (Lipinski definition) is 1. The number of rotatable bonds is 3. The van der Waals surface area contributed by atoms with Gasteiger partial charge in [-0.15, -0.1) is 0 Å². The van der Waals surface area contributed by atoms with Crippen molar-refractivity contribution in [3.63, 3.8) is 0 Å². The number of nitriles is 1. The number of halogens is 3. The maximum absolute atomic E-state index is 13.5. The molecule has 0 fully saturated rings. The molecule has 0 aliphatic heterocycles. The van der Waals surface area contributed by atoms with Crippen LogP contribution in [-0.4, -0.2) is 0 Å². The van der Waals surface area contributed by atoms with Crippen LogP contribution in [0.5, 0.6) is 5.75 Å². The third-order valence-corrected chi connectivity index (χ3v) is 3.39. The monoisotopic (exact) mass is 386 g/mol. The van der Waals surface area contributed by atoms with Crippen LogP contribution in [-0.2, 0) is 6.61 Å². The average molecular weight is 386 g/mol. The molecule has 2 aromatic carbocycles. The molecule has 0 heterocycles. The van der Waals surface area contributed by atoms with E-state index in [0.29, 0.717) is 20.6 Å². The molecule has 102 valence electrons. The minimum atomic E-state index is -0.674. The number of nitrogen functional groups attached to an aromatic ring is 1. The lowest BCUT2D eigenvalue weighted by molar-refractivity contribution is 0.299. The second-order valence-corrected chi connectivity index (χ2v) is 5.17.